The minimum absolute atomic E-state index is 0.150. The highest BCUT2D eigenvalue weighted by Crippen LogP contribution is 2.41. The molecule has 0 spiro atoms. The molecule has 110 valence electrons. The number of benzene rings is 2. The Morgan fingerprint density at radius 3 is 2.43 bits per heavy atom. The SMILES string of the molecule is C[C@H]1CO[C@@H](c2ccccc2Cl)O[C@H]1c1ccccc1O. The molecule has 1 aliphatic rings. The summed E-state index contributed by atoms with van der Waals surface area (Å²) < 4.78 is 11.8. The number of hydrogen-bond donors (Lipinski definition) is 1. The number of phenols is 1. The Hall–Kier alpha value is -1.55. The lowest BCUT2D eigenvalue weighted by molar-refractivity contribution is -0.241. The van der Waals surface area contributed by atoms with Crippen molar-refractivity contribution in [3.8, 4) is 5.75 Å². The molecule has 0 aromatic heterocycles. The summed E-state index contributed by atoms with van der Waals surface area (Å²) in [5.74, 6) is 0.395. The highest BCUT2D eigenvalue weighted by Gasteiger charge is 2.33. The summed E-state index contributed by atoms with van der Waals surface area (Å²) >= 11 is 6.21. The number of para-hydroxylation sites is 1. The first-order chi connectivity index (χ1) is 10.2. The van der Waals surface area contributed by atoms with E-state index < -0.39 is 6.29 Å². The third-order valence-electron chi connectivity index (χ3n) is 3.70. The summed E-state index contributed by atoms with van der Waals surface area (Å²) in [6.45, 7) is 2.59. The van der Waals surface area contributed by atoms with Gasteiger partial charge in [-0.25, -0.2) is 0 Å². The van der Waals surface area contributed by atoms with E-state index in [2.05, 4.69) is 0 Å². The van der Waals surface area contributed by atoms with Gasteiger partial charge >= 0.3 is 0 Å². The monoisotopic (exact) mass is 304 g/mol. The zero-order valence-corrected chi connectivity index (χ0v) is 12.5. The fourth-order valence-electron chi connectivity index (χ4n) is 2.57. The molecule has 0 bridgehead atoms. The van der Waals surface area contributed by atoms with E-state index in [0.29, 0.717) is 11.6 Å². The Bertz CT molecular complexity index is 629. The molecule has 21 heavy (non-hydrogen) atoms. The topological polar surface area (TPSA) is 38.7 Å². The first-order valence-corrected chi connectivity index (χ1v) is 7.34. The van der Waals surface area contributed by atoms with Crippen LogP contribution in [0.3, 0.4) is 0 Å². The first kappa shape index (κ1) is 14.4. The van der Waals surface area contributed by atoms with Crippen LogP contribution in [0.25, 0.3) is 0 Å². The molecular weight excluding hydrogens is 288 g/mol. The highest BCUT2D eigenvalue weighted by atomic mass is 35.5. The van der Waals surface area contributed by atoms with Crippen LogP contribution in [0.15, 0.2) is 48.5 Å². The Labute approximate surface area is 129 Å². The van der Waals surface area contributed by atoms with Crippen molar-refractivity contribution in [3.05, 3.63) is 64.7 Å². The van der Waals surface area contributed by atoms with E-state index in [1.165, 1.54) is 0 Å². The van der Waals surface area contributed by atoms with Gasteiger partial charge in [-0.1, -0.05) is 54.9 Å². The van der Waals surface area contributed by atoms with Crippen molar-refractivity contribution in [1.29, 1.82) is 0 Å². The summed E-state index contributed by atoms with van der Waals surface area (Å²) in [5.41, 5.74) is 1.59. The van der Waals surface area contributed by atoms with Gasteiger partial charge in [0.05, 0.1) is 12.7 Å². The molecule has 1 saturated heterocycles. The average molecular weight is 305 g/mol. The lowest BCUT2D eigenvalue weighted by Gasteiger charge is -2.35. The maximum Gasteiger partial charge on any atom is 0.185 e. The zero-order valence-electron chi connectivity index (χ0n) is 11.7. The maximum absolute atomic E-state index is 10.0. The number of rotatable bonds is 2. The summed E-state index contributed by atoms with van der Waals surface area (Å²) in [6, 6.07) is 14.7. The van der Waals surface area contributed by atoms with Crippen LogP contribution in [0.4, 0.5) is 0 Å². The Morgan fingerprint density at radius 1 is 1.05 bits per heavy atom. The predicted molar refractivity (Wildman–Crippen MR) is 81.2 cm³/mol. The number of halogens is 1. The summed E-state index contributed by atoms with van der Waals surface area (Å²) in [5, 5.41) is 10.7. The van der Waals surface area contributed by atoms with Crippen molar-refractivity contribution in [1.82, 2.24) is 0 Å². The van der Waals surface area contributed by atoms with Crippen LogP contribution in [-0.4, -0.2) is 11.7 Å². The first-order valence-electron chi connectivity index (χ1n) is 6.96. The van der Waals surface area contributed by atoms with Crippen LogP contribution in [0.2, 0.25) is 5.02 Å². The molecule has 2 aromatic carbocycles. The predicted octanol–water partition coefficient (Wildman–Crippen LogP) is 4.47. The van der Waals surface area contributed by atoms with E-state index in [0.717, 1.165) is 11.1 Å². The van der Waals surface area contributed by atoms with E-state index in [4.69, 9.17) is 21.1 Å². The summed E-state index contributed by atoms with van der Waals surface area (Å²) in [4.78, 5) is 0. The van der Waals surface area contributed by atoms with Crippen molar-refractivity contribution >= 4 is 11.6 Å². The van der Waals surface area contributed by atoms with Crippen molar-refractivity contribution in [2.75, 3.05) is 6.61 Å². The standard InChI is InChI=1S/C17H17ClO3/c1-11-10-20-17(12-6-2-4-8-14(12)18)21-16(11)13-7-3-5-9-15(13)19/h2-9,11,16-17,19H,10H2,1H3/t11-,16+,17+/m0/s1. The molecule has 4 heteroatoms. The van der Waals surface area contributed by atoms with Crippen LogP contribution in [0, 0.1) is 5.92 Å². The molecule has 0 aliphatic carbocycles. The lowest BCUT2D eigenvalue weighted by atomic mass is 9.96. The molecule has 1 heterocycles. The molecule has 0 saturated carbocycles. The van der Waals surface area contributed by atoms with Gasteiger partial charge in [0.2, 0.25) is 0 Å². The second kappa shape index (κ2) is 6.06. The molecule has 0 amide bonds. The molecular formula is C17H17ClO3. The van der Waals surface area contributed by atoms with Crippen molar-refractivity contribution in [3.63, 3.8) is 0 Å². The van der Waals surface area contributed by atoms with E-state index in [1.54, 1.807) is 12.1 Å². The Balaban J connectivity index is 1.89. The third-order valence-corrected chi connectivity index (χ3v) is 4.04. The normalized spacial score (nSPS) is 25.7. The Kier molecular flexibility index (Phi) is 4.15. The highest BCUT2D eigenvalue weighted by molar-refractivity contribution is 6.31. The van der Waals surface area contributed by atoms with Gasteiger partial charge in [0.1, 0.15) is 5.75 Å². The minimum atomic E-state index is -0.514. The van der Waals surface area contributed by atoms with E-state index in [1.807, 2.05) is 43.3 Å². The lowest BCUT2D eigenvalue weighted by Crippen LogP contribution is -2.29. The molecule has 1 fully saturated rings. The van der Waals surface area contributed by atoms with Crippen LogP contribution in [0.5, 0.6) is 5.75 Å². The number of hydrogen-bond acceptors (Lipinski definition) is 3. The van der Waals surface area contributed by atoms with Gasteiger partial charge in [-0.15, -0.1) is 0 Å². The van der Waals surface area contributed by atoms with Gasteiger partial charge in [-0.2, -0.15) is 0 Å². The van der Waals surface area contributed by atoms with Gasteiger partial charge in [0.25, 0.3) is 0 Å². The van der Waals surface area contributed by atoms with E-state index >= 15 is 0 Å². The number of aromatic hydroxyl groups is 1. The van der Waals surface area contributed by atoms with Crippen molar-refractivity contribution < 1.29 is 14.6 Å². The quantitative estimate of drug-likeness (QED) is 0.889. The van der Waals surface area contributed by atoms with Crippen molar-refractivity contribution in [2.45, 2.75) is 19.3 Å². The van der Waals surface area contributed by atoms with Crippen LogP contribution >= 0.6 is 11.6 Å². The molecule has 3 rings (SSSR count). The molecule has 3 atom stereocenters. The minimum Gasteiger partial charge on any atom is -0.508 e. The van der Waals surface area contributed by atoms with Crippen LogP contribution in [-0.2, 0) is 9.47 Å². The molecule has 3 nitrogen and oxygen atoms in total. The summed E-state index contributed by atoms with van der Waals surface area (Å²) in [7, 11) is 0. The van der Waals surface area contributed by atoms with Gasteiger partial charge in [-0.05, 0) is 12.1 Å². The second-order valence-corrected chi connectivity index (χ2v) is 5.69. The van der Waals surface area contributed by atoms with Crippen LogP contribution < -0.4 is 0 Å². The van der Waals surface area contributed by atoms with E-state index in [-0.39, 0.29) is 17.8 Å². The molecule has 1 N–H and O–H groups in total. The van der Waals surface area contributed by atoms with Gasteiger partial charge < -0.3 is 14.6 Å². The molecule has 0 unspecified atom stereocenters. The molecule has 2 aromatic rings. The largest absolute Gasteiger partial charge is 0.508 e. The maximum atomic E-state index is 10.0. The smallest absolute Gasteiger partial charge is 0.185 e. The van der Waals surface area contributed by atoms with Crippen molar-refractivity contribution in [2.24, 2.45) is 5.92 Å². The molecule has 1 aliphatic heterocycles. The average Bonchev–Trinajstić information content (AvgIpc) is 2.49. The Morgan fingerprint density at radius 2 is 1.71 bits per heavy atom. The third kappa shape index (κ3) is 2.91. The van der Waals surface area contributed by atoms with E-state index in [9.17, 15) is 5.11 Å². The van der Waals surface area contributed by atoms with Gasteiger partial charge in [-0.3, -0.25) is 0 Å². The molecule has 0 radical (unpaired) electrons. The second-order valence-electron chi connectivity index (χ2n) is 5.28. The van der Waals surface area contributed by atoms with Gasteiger partial charge in [0.15, 0.2) is 6.29 Å². The fourth-order valence-corrected chi connectivity index (χ4v) is 2.80. The number of phenolic OH excluding ortho intramolecular Hbond substituents is 1. The van der Waals surface area contributed by atoms with Gasteiger partial charge in [0, 0.05) is 22.1 Å². The summed E-state index contributed by atoms with van der Waals surface area (Å²) in [6.07, 6.45) is -0.735. The zero-order chi connectivity index (χ0) is 14.8. The number of ether oxygens (including phenoxy) is 2. The van der Waals surface area contributed by atoms with Crippen LogP contribution in [0.1, 0.15) is 30.4 Å². The fraction of sp³-hybridized carbons (Fsp3) is 0.294.